The number of carbonyl (C=O) groups excluding carboxylic acids is 1. The van der Waals surface area contributed by atoms with Gasteiger partial charge in [0.25, 0.3) is 0 Å². The summed E-state index contributed by atoms with van der Waals surface area (Å²) in [6, 6.07) is 1.46. The zero-order chi connectivity index (χ0) is 16.7. The first kappa shape index (κ1) is 16.4. The molecule has 1 aromatic carbocycles. The van der Waals surface area contributed by atoms with Crippen LogP contribution < -0.4 is 0 Å². The van der Waals surface area contributed by atoms with Gasteiger partial charge in [0.1, 0.15) is 11.7 Å². The van der Waals surface area contributed by atoms with Gasteiger partial charge in [-0.2, -0.15) is 18.3 Å². The summed E-state index contributed by atoms with van der Waals surface area (Å²) in [6.45, 7) is 3.19. The average Bonchev–Trinajstić information content (AvgIpc) is 2.80. The van der Waals surface area contributed by atoms with Crippen molar-refractivity contribution in [3.05, 3.63) is 34.6 Å². The second kappa shape index (κ2) is 5.68. The Morgan fingerprint density at radius 1 is 1.41 bits per heavy atom. The molecule has 8 heteroatoms. The minimum atomic E-state index is -4.83. The number of halogens is 4. The van der Waals surface area contributed by atoms with Gasteiger partial charge in [0.15, 0.2) is 12.0 Å². The molecule has 120 valence electrons. The predicted molar refractivity (Wildman–Crippen MR) is 70.8 cm³/mol. The van der Waals surface area contributed by atoms with Gasteiger partial charge in [-0.3, -0.25) is 9.80 Å². The van der Waals surface area contributed by atoms with E-state index in [9.17, 15) is 27.5 Å². The molecule has 1 aliphatic rings. The molecule has 0 aromatic heterocycles. The number of hydrogen-bond donors (Lipinski definition) is 1. The minimum absolute atomic E-state index is 0.195. The highest BCUT2D eigenvalue weighted by atomic mass is 19.4. The van der Waals surface area contributed by atoms with E-state index in [1.54, 1.807) is 6.92 Å². The van der Waals surface area contributed by atoms with Gasteiger partial charge in [-0.15, -0.1) is 0 Å². The van der Waals surface area contributed by atoms with Gasteiger partial charge in [0.2, 0.25) is 0 Å². The number of Topliss-reactive ketones (excluding diaryl/α,β-unsaturated/α-hetero) is 1. The van der Waals surface area contributed by atoms with E-state index in [-0.39, 0.29) is 5.56 Å². The first-order chi connectivity index (χ1) is 10.2. The molecule has 0 fully saturated rings. The van der Waals surface area contributed by atoms with Crippen molar-refractivity contribution >= 4 is 12.0 Å². The highest BCUT2D eigenvalue weighted by molar-refractivity contribution is 6.08. The van der Waals surface area contributed by atoms with Crippen LogP contribution in [-0.4, -0.2) is 34.9 Å². The molecule has 2 unspecified atom stereocenters. The lowest BCUT2D eigenvalue weighted by atomic mass is 9.92. The first-order valence-corrected chi connectivity index (χ1v) is 6.57. The van der Waals surface area contributed by atoms with Crippen molar-refractivity contribution in [2.24, 2.45) is 11.0 Å². The van der Waals surface area contributed by atoms with E-state index >= 15 is 0 Å². The van der Waals surface area contributed by atoms with E-state index in [0.717, 1.165) is 13.0 Å². The number of hydrogen-bond acceptors (Lipinski definition) is 4. The molecular formula is C14H14F4N2O2. The largest absolute Gasteiger partial charge is 0.419 e. The molecule has 1 heterocycles. The molecule has 2 atom stereocenters. The zero-order valence-electron chi connectivity index (χ0n) is 11.9. The van der Waals surface area contributed by atoms with E-state index in [2.05, 4.69) is 5.10 Å². The van der Waals surface area contributed by atoms with Gasteiger partial charge >= 0.3 is 6.18 Å². The number of nitrogens with zero attached hydrogens (tertiary/aromatic N) is 2. The smallest absolute Gasteiger partial charge is 0.371 e. The van der Waals surface area contributed by atoms with Gasteiger partial charge in [0.05, 0.1) is 5.56 Å². The highest BCUT2D eigenvalue weighted by Crippen LogP contribution is 2.34. The minimum Gasteiger partial charge on any atom is -0.371 e. The number of ketones is 1. The summed E-state index contributed by atoms with van der Waals surface area (Å²) >= 11 is 0. The fourth-order valence-corrected chi connectivity index (χ4v) is 2.31. The lowest BCUT2D eigenvalue weighted by Crippen LogP contribution is -2.36. The highest BCUT2D eigenvalue weighted by Gasteiger charge is 2.38. The summed E-state index contributed by atoms with van der Waals surface area (Å²) in [6.07, 6.45) is -4.82. The van der Waals surface area contributed by atoms with Crippen molar-refractivity contribution in [3.8, 4) is 0 Å². The standard InChI is InChI=1S/C14H14F4N2O2/c1-3-20-13(22)9(6-19-20)12(21)8-4-5-10(14(16,17)18)11(15)7(8)2/h4-6,9,13,22H,3H2,1-2H3. The Kier molecular flexibility index (Phi) is 4.23. The molecule has 1 aromatic rings. The summed E-state index contributed by atoms with van der Waals surface area (Å²) in [4.78, 5) is 12.3. The maximum absolute atomic E-state index is 13.9. The van der Waals surface area contributed by atoms with Crippen molar-refractivity contribution in [1.29, 1.82) is 0 Å². The summed E-state index contributed by atoms with van der Waals surface area (Å²) in [5, 5.41) is 15.0. The Balaban J connectivity index is 2.37. The van der Waals surface area contributed by atoms with Crippen molar-refractivity contribution in [1.82, 2.24) is 5.01 Å². The molecule has 0 aliphatic carbocycles. The number of alkyl halides is 3. The Morgan fingerprint density at radius 2 is 2.05 bits per heavy atom. The number of aliphatic hydroxyl groups is 1. The third-order valence-corrected chi connectivity index (χ3v) is 3.59. The zero-order valence-corrected chi connectivity index (χ0v) is 11.9. The van der Waals surface area contributed by atoms with Gasteiger partial charge < -0.3 is 5.11 Å². The van der Waals surface area contributed by atoms with Crippen molar-refractivity contribution < 1.29 is 27.5 Å². The Hall–Kier alpha value is -1.96. The fraction of sp³-hybridized carbons (Fsp3) is 0.429. The SMILES string of the molecule is CCN1N=CC(C(=O)c2ccc(C(F)(F)F)c(F)c2C)C1O. The van der Waals surface area contributed by atoms with Crippen molar-refractivity contribution in [2.45, 2.75) is 26.3 Å². The molecule has 4 nitrogen and oxygen atoms in total. The van der Waals surface area contributed by atoms with Gasteiger partial charge in [-0.05, 0) is 25.5 Å². The Labute approximate surface area is 124 Å². The normalized spacial score (nSPS) is 21.5. The van der Waals surface area contributed by atoms with Crippen LogP contribution in [0.15, 0.2) is 17.2 Å². The topological polar surface area (TPSA) is 52.9 Å². The number of carbonyl (C=O) groups is 1. The monoisotopic (exact) mass is 318 g/mol. The molecule has 0 saturated heterocycles. The van der Waals surface area contributed by atoms with E-state index in [4.69, 9.17) is 0 Å². The van der Waals surface area contributed by atoms with Gasteiger partial charge in [-0.25, -0.2) is 4.39 Å². The maximum Gasteiger partial charge on any atom is 0.419 e. The second-order valence-electron chi connectivity index (χ2n) is 4.92. The number of benzene rings is 1. The molecule has 1 aliphatic heterocycles. The molecule has 2 rings (SSSR count). The number of rotatable bonds is 3. The van der Waals surface area contributed by atoms with Gasteiger partial charge in [0, 0.05) is 18.3 Å². The van der Waals surface area contributed by atoms with E-state index in [1.807, 2.05) is 0 Å². The lowest BCUT2D eigenvalue weighted by molar-refractivity contribution is -0.140. The third kappa shape index (κ3) is 2.70. The van der Waals surface area contributed by atoms with Gasteiger partial charge in [-0.1, -0.05) is 6.07 Å². The van der Waals surface area contributed by atoms with E-state index in [0.29, 0.717) is 12.6 Å². The second-order valence-corrected chi connectivity index (χ2v) is 4.92. The first-order valence-electron chi connectivity index (χ1n) is 6.57. The van der Waals surface area contributed by atoms with E-state index < -0.39 is 41.0 Å². The summed E-state index contributed by atoms with van der Waals surface area (Å²) in [5.74, 6) is -3.18. The van der Waals surface area contributed by atoms with Crippen LogP contribution >= 0.6 is 0 Å². The summed E-state index contributed by atoms with van der Waals surface area (Å²) in [7, 11) is 0. The van der Waals surface area contributed by atoms with Crippen LogP contribution in [0.1, 0.15) is 28.4 Å². The van der Waals surface area contributed by atoms with Crippen LogP contribution in [0.3, 0.4) is 0 Å². The fourth-order valence-electron chi connectivity index (χ4n) is 2.31. The van der Waals surface area contributed by atoms with Crippen molar-refractivity contribution in [2.75, 3.05) is 6.54 Å². The average molecular weight is 318 g/mol. The quantitative estimate of drug-likeness (QED) is 0.688. The van der Waals surface area contributed by atoms with Crippen molar-refractivity contribution in [3.63, 3.8) is 0 Å². The van der Waals surface area contributed by atoms with Crippen LogP contribution in [0, 0.1) is 18.7 Å². The molecule has 0 spiro atoms. The molecule has 0 bridgehead atoms. The Morgan fingerprint density at radius 3 is 2.55 bits per heavy atom. The Bertz CT molecular complexity index is 628. The number of hydrazone groups is 1. The van der Waals surface area contributed by atoms with Crippen LogP contribution in [0.25, 0.3) is 0 Å². The summed E-state index contributed by atoms with van der Waals surface area (Å²) < 4.78 is 51.8. The third-order valence-electron chi connectivity index (χ3n) is 3.59. The number of aliphatic hydroxyl groups excluding tert-OH is 1. The molecule has 22 heavy (non-hydrogen) atoms. The van der Waals surface area contributed by atoms with Crippen LogP contribution in [0.5, 0.6) is 0 Å². The lowest BCUT2D eigenvalue weighted by Gasteiger charge is -2.21. The molecule has 0 saturated carbocycles. The molecule has 1 N–H and O–H groups in total. The molecular weight excluding hydrogens is 304 g/mol. The van der Waals surface area contributed by atoms with E-state index in [1.165, 1.54) is 11.2 Å². The maximum atomic E-state index is 13.9. The molecule has 0 radical (unpaired) electrons. The molecule has 0 amide bonds. The van der Waals surface area contributed by atoms with Crippen LogP contribution in [0.2, 0.25) is 0 Å². The summed E-state index contributed by atoms with van der Waals surface area (Å²) in [5.41, 5.74) is -2.01. The predicted octanol–water partition coefficient (Wildman–Crippen LogP) is 2.59. The van der Waals surface area contributed by atoms with Crippen LogP contribution in [-0.2, 0) is 6.18 Å². The van der Waals surface area contributed by atoms with Crippen LogP contribution in [0.4, 0.5) is 17.6 Å².